The smallest absolute Gasteiger partial charge is 0.123 e. The SMILES string of the molecule is CN(C)CCc1cn(C)c2ccc3c(c12)CCCO3. The number of likely N-dealkylation sites (N-methyl/N-ethyl adjacent to an activating group) is 1. The van der Waals surface area contributed by atoms with Crippen molar-refractivity contribution in [3.8, 4) is 5.75 Å². The first kappa shape index (κ1) is 12.5. The first-order valence-corrected chi connectivity index (χ1v) is 7.04. The lowest BCUT2D eigenvalue weighted by molar-refractivity contribution is 0.289. The fourth-order valence-corrected chi connectivity index (χ4v) is 2.98. The third-order valence-corrected chi connectivity index (χ3v) is 3.96. The number of aromatic nitrogens is 1. The summed E-state index contributed by atoms with van der Waals surface area (Å²) in [4.78, 5) is 2.24. The summed E-state index contributed by atoms with van der Waals surface area (Å²) in [6, 6.07) is 4.32. The Morgan fingerprint density at radius 1 is 1.32 bits per heavy atom. The zero-order chi connectivity index (χ0) is 13.4. The van der Waals surface area contributed by atoms with Gasteiger partial charge in [-0.2, -0.15) is 0 Å². The molecule has 1 aromatic carbocycles. The van der Waals surface area contributed by atoms with E-state index >= 15 is 0 Å². The highest BCUT2D eigenvalue weighted by molar-refractivity contribution is 5.89. The van der Waals surface area contributed by atoms with Gasteiger partial charge in [-0.25, -0.2) is 0 Å². The lowest BCUT2D eigenvalue weighted by Crippen LogP contribution is -2.15. The molecule has 0 aliphatic carbocycles. The molecule has 102 valence electrons. The van der Waals surface area contributed by atoms with Crippen molar-refractivity contribution in [2.45, 2.75) is 19.3 Å². The van der Waals surface area contributed by atoms with E-state index in [0.29, 0.717) is 0 Å². The highest BCUT2D eigenvalue weighted by Gasteiger charge is 2.18. The molecule has 1 aromatic heterocycles. The van der Waals surface area contributed by atoms with Crippen molar-refractivity contribution in [2.24, 2.45) is 7.05 Å². The monoisotopic (exact) mass is 258 g/mol. The summed E-state index contributed by atoms with van der Waals surface area (Å²) in [7, 11) is 6.39. The zero-order valence-corrected chi connectivity index (χ0v) is 12.1. The zero-order valence-electron chi connectivity index (χ0n) is 12.1. The average molecular weight is 258 g/mol. The van der Waals surface area contributed by atoms with Crippen LogP contribution < -0.4 is 4.74 Å². The van der Waals surface area contributed by atoms with E-state index in [1.165, 1.54) is 22.0 Å². The maximum Gasteiger partial charge on any atom is 0.123 e. The average Bonchev–Trinajstić information content (AvgIpc) is 2.73. The van der Waals surface area contributed by atoms with Gasteiger partial charge in [0.1, 0.15) is 5.75 Å². The quantitative estimate of drug-likeness (QED) is 0.842. The molecule has 1 aliphatic rings. The number of fused-ring (bicyclic) bond motifs is 3. The number of benzene rings is 1. The summed E-state index contributed by atoms with van der Waals surface area (Å²) in [5.41, 5.74) is 4.20. The molecule has 0 bridgehead atoms. The minimum atomic E-state index is 0.859. The summed E-state index contributed by atoms with van der Waals surface area (Å²) in [6.07, 6.45) is 5.66. The van der Waals surface area contributed by atoms with Gasteiger partial charge in [-0.1, -0.05) is 0 Å². The van der Waals surface area contributed by atoms with Gasteiger partial charge in [0.2, 0.25) is 0 Å². The third-order valence-electron chi connectivity index (χ3n) is 3.96. The van der Waals surface area contributed by atoms with Crippen LogP contribution in [0.1, 0.15) is 17.5 Å². The van der Waals surface area contributed by atoms with Gasteiger partial charge >= 0.3 is 0 Å². The third kappa shape index (κ3) is 2.23. The second-order valence-corrected chi connectivity index (χ2v) is 5.71. The highest BCUT2D eigenvalue weighted by atomic mass is 16.5. The Kier molecular flexibility index (Phi) is 3.23. The molecular formula is C16H22N2O. The van der Waals surface area contributed by atoms with Gasteiger partial charge in [-0.3, -0.25) is 0 Å². The molecule has 3 rings (SSSR count). The van der Waals surface area contributed by atoms with Crippen molar-refractivity contribution >= 4 is 10.9 Å². The molecule has 0 spiro atoms. The molecular weight excluding hydrogens is 236 g/mol. The number of hydrogen-bond donors (Lipinski definition) is 0. The number of rotatable bonds is 3. The molecule has 2 aromatic rings. The molecule has 0 fully saturated rings. The fraction of sp³-hybridized carbons (Fsp3) is 0.500. The fourth-order valence-electron chi connectivity index (χ4n) is 2.98. The van der Waals surface area contributed by atoms with E-state index in [-0.39, 0.29) is 0 Å². The lowest BCUT2D eigenvalue weighted by Gasteiger charge is -2.19. The summed E-state index contributed by atoms with van der Waals surface area (Å²) < 4.78 is 8.05. The predicted octanol–water partition coefficient (Wildman–Crippen LogP) is 2.61. The first-order chi connectivity index (χ1) is 9.16. The molecule has 0 amide bonds. The van der Waals surface area contributed by atoms with Crippen LogP contribution >= 0.6 is 0 Å². The van der Waals surface area contributed by atoms with Crippen molar-refractivity contribution in [1.82, 2.24) is 9.47 Å². The van der Waals surface area contributed by atoms with Crippen LogP contribution in [0.15, 0.2) is 18.3 Å². The molecule has 1 aliphatic heterocycles. The molecule has 0 unspecified atom stereocenters. The van der Waals surface area contributed by atoms with Crippen molar-refractivity contribution < 1.29 is 4.74 Å². The molecule has 0 saturated heterocycles. The molecule has 3 heteroatoms. The van der Waals surface area contributed by atoms with Crippen LogP contribution in [-0.4, -0.2) is 36.7 Å². The second-order valence-electron chi connectivity index (χ2n) is 5.71. The summed E-state index contributed by atoms with van der Waals surface area (Å²) >= 11 is 0. The van der Waals surface area contributed by atoms with Crippen LogP contribution in [0.5, 0.6) is 5.75 Å². The lowest BCUT2D eigenvalue weighted by atomic mass is 9.98. The Labute approximate surface area is 114 Å². The van der Waals surface area contributed by atoms with Gasteiger partial charge < -0.3 is 14.2 Å². The van der Waals surface area contributed by atoms with Crippen molar-refractivity contribution in [3.05, 3.63) is 29.5 Å². The van der Waals surface area contributed by atoms with Gasteiger partial charge in [0.05, 0.1) is 6.61 Å². The van der Waals surface area contributed by atoms with Crippen LogP contribution in [0.25, 0.3) is 10.9 Å². The highest BCUT2D eigenvalue weighted by Crippen LogP contribution is 2.35. The van der Waals surface area contributed by atoms with Gasteiger partial charge in [0.15, 0.2) is 0 Å². The predicted molar refractivity (Wildman–Crippen MR) is 79.0 cm³/mol. The number of nitrogens with zero attached hydrogens (tertiary/aromatic N) is 2. The van der Waals surface area contributed by atoms with Gasteiger partial charge in [0, 0.05) is 36.3 Å². The molecule has 0 atom stereocenters. The minimum Gasteiger partial charge on any atom is -0.493 e. The Morgan fingerprint density at radius 2 is 2.16 bits per heavy atom. The standard InChI is InChI=1S/C16H22N2O/c1-17(2)9-8-12-11-18(3)14-6-7-15-13(16(12)14)5-4-10-19-15/h6-7,11H,4-5,8-10H2,1-3H3. The number of ether oxygens (including phenoxy) is 1. The van der Waals surface area contributed by atoms with E-state index in [2.05, 4.69) is 48.9 Å². The number of aryl methyl sites for hydroxylation is 2. The van der Waals surface area contributed by atoms with Crippen molar-refractivity contribution in [1.29, 1.82) is 0 Å². The van der Waals surface area contributed by atoms with Crippen LogP contribution in [0.2, 0.25) is 0 Å². The van der Waals surface area contributed by atoms with Gasteiger partial charge in [-0.15, -0.1) is 0 Å². The summed E-state index contributed by atoms with van der Waals surface area (Å²) in [6.45, 7) is 1.95. The van der Waals surface area contributed by atoms with Crippen molar-refractivity contribution in [2.75, 3.05) is 27.2 Å². The maximum atomic E-state index is 5.80. The maximum absolute atomic E-state index is 5.80. The molecule has 0 saturated carbocycles. The van der Waals surface area contributed by atoms with E-state index in [9.17, 15) is 0 Å². The van der Waals surface area contributed by atoms with E-state index < -0.39 is 0 Å². The molecule has 2 heterocycles. The Balaban J connectivity index is 2.11. The normalized spacial score (nSPS) is 14.7. The second kappa shape index (κ2) is 4.89. The topological polar surface area (TPSA) is 17.4 Å². The van der Waals surface area contributed by atoms with E-state index in [1.807, 2.05) is 0 Å². The van der Waals surface area contributed by atoms with Gasteiger partial charge in [0.25, 0.3) is 0 Å². The molecule has 0 radical (unpaired) electrons. The summed E-state index contributed by atoms with van der Waals surface area (Å²) in [5, 5.41) is 1.43. The van der Waals surface area contributed by atoms with Crippen LogP contribution in [0.3, 0.4) is 0 Å². The van der Waals surface area contributed by atoms with Gasteiger partial charge in [-0.05, 0) is 51.1 Å². The van der Waals surface area contributed by atoms with Crippen LogP contribution in [0.4, 0.5) is 0 Å². The Bertz CT molecular complexity index is 598. The van der Waals surface area contributed by atoms with Crippen molar-refractivity contribution in [3.63, 3.8) is 0 Å². The van der Waals surface area contributed by atoms with Crippen LogP contribution in [0, 0.1) is 0 Å². The van der Waals surface area contributed by atoms with Crippen LogP contribution in [-0.2, 0) is 19.9 Å². The number of hydrogen-bond acceptors (Lipinski definition) is 2. The van der Waals surface area contributed by atoms with E-state index in [4.69, 9.17) is 4.74 Å². The molecule has 19 heavy (non-hydrogen) atoms. The van der Waals surface area contributed by atoms with E-state index in [0.717, 1.165) is 38.2 Å². The Morgan fingerprint density at radius 3 is 2.95 bits per heavy atom. The molecule has 3 nitrogen and oxygen atoms in total. The minimum absolute atomic E-state index is 0.859. The molecule has 0 N–H and O–H groups in total. The largest absolute Gasteiger partial charge is 0.493 e. The Hall–Kier alpha value is -1.48. The first-order valence-electron chi connectivity index (χ1n) is 7.04. The summed E-state index contributed by atoms with van der Waals surface area (Å²) in [5.74, 6) is 1.09. The van der Waals surface area contributed by atoms with E-state index in [1.54, 1.807) is 0 Å².